The van der Waals surface area contributed by atoms with Gasteiger partial charge in [0.05, 0.1) is 14.2 Å². The Morgan fingerprint density at radius 1 is 1.31 bits per heavy atom. The molecule has 0 radical (unpaired) electrons. The Hall–Kier alpha value is -2.74. The van der Waals surface area contributed by atoms with Crippen molar-refractivity contribution in [2.75, 3.05) is 20.0 Å². The quantitative estimate of drug-likeness (QED) is 0.876. The predicted molar refractivity (Wildman–Crippen MR) is 102 cm³/mol. The van der Waals surface area contributed by atoms with Crippen LogP contribution in [0.5, 0.6) is 11.5 Å². The molecular formula is C21H25N3O2. The molecule has 0 saturated heterocycles. The van der Waals surface area contributed by atoms with Crippen molar-refractivity contribution in [1.82, 2.24) is 4.98 Å². The van der Waals surface area contributed by atoms with Gasteiger partial charge in [-0.3, -0.25) is 0 Å². The number of pyridine rings is 1. The number of para-hydroxylation sites is 1. The Labute approximate surface area is 154 Å². The lowest BCUT2D eigenvalue weighted by molar-refractivity contribution is 0.356. The summed E-state index contributed by atoms with van der Waals surface area (Å²) in [5, 5.41) is 9.78. The number of ether oxygens (including phenoxy) is 2. The molecule has 1 unspecified atom stereocenters. The normalized spacial score (nSPS) is 15.8. The lowest BCUT2D eigenvalue weighted by atomic mass is 9.79. The number of anilines is 1. The number of nitrogens with zero attached hydrogens (tertiary/aromatic N) is 2. The minimum absolute atomic E-state index is 0.292. The first-order valence-corrected chi connectivity index (χ1v) is 9.07. The fourth-order valence-electron chi connectivity index (χ4n) is 4.00. The number of aryl methyl sites for hydroxylation is 1. The first kappa shape index (κ1) is 18.1. The summed E-state index contributed by atoms with van der Waals surface area (Å²) in [6.45, 7) is 2.21. The Kier molecular flexibility index (Phi) is 5.32. The number of aromatic nitrogens is 1. The third-order valence-electron chi connectivity index (χ3n) is 5.17. The molecule has 1 aromatic carbocycles. The lowest BCUT2D eigenvalue weighted by Gasteiger charge is -2.27. The van der Waals surface area contributed by atoms with Crippen molar-refractivity contribution >= 4 is 5.82 Å². The first-order chi connectivity index (χ1) is 12.6. The summed E-state index contributed by atoms with van der Waals surface area (Å²) in [6, 6.07) is 7.99. The maximum atomic E-state index is 9.78. The standard InChI is InChI=1S/C21H25N3O2/c1-4-6-13-9-10-17-15(11-13)19(16(12-22)21(23)24-17)14-7-5-8-18(25-2)20(14)26-3/h5,7-8,13H,4,6,9-11H2,1-3H3,(H2,23,24). The minimum Gasteiger partial charge on any atom is -0.493 e. The van der Waals surface area contributed by atoms with Gasteiger partial charge in [-0.25, -0.2) is 4.98 Å². The second-order valence-corrected chi connectivity index (χ2v) is 6.72. The molecule has 1 heterocycles. The summed E-state index contributed by atoms with van der Waals surface area (Å²) in [5.74, 6) is 2.16. The van der Waals surface area contributed by atoms with E-state index in [9.17, 15) is 5.26 Å². The van der Waals surface area contributed by atoms with Crippen LogP contribution in [0.15, 0.2) is 18.2 Å². The van der Waals surface area contributed by atoms with Crippen LogP contribution < -0.4 is 15.2 Å². The van der Waals surface area contributed by atoms with Crippen LogP contribution in [0.25, 0.3) is 11.1 Å². The topological polar surface area (TPSA) is 81.2 Å². The van der Waals surface area contributed by atoms with Crippen molar-refractivity contribution in [3.05, 3.63) is 35.0 Å². The zero-order valence-electron chi connectivity index (χ0n) is 15.6. The predicted octanol–water partition coefficient (Wildman–Crippen LogP) is 4.12. The number of nitrogen functional groups attached to an aromatic ring is 1. The van der Waals surface area contributed by atoms with E-state index in [0.717, 1.165) is 48.1 Å². The third-order valence-corrected chi connectivity index (χ3v) is 5.17. The highest BCUT2D eigenvalue weighted by Crippen LogP contribution is 2.44. The molecule has 2 aromatic rings. The Balaban J connectivity index is 2.28. The SMILES string of the molecule is CCCC1CCc2nc(N)c(C#N)c(-c3cccc(OC)c3OC)c2C1. The zero-order chi connectivity index (χ0) is 18.7. The molecule has 0 bridgehead atoms. The molecule has 0 aliphatic heterocycles. The van der Waals surface area contributed by atoms with Crippen molar-refractivity contribution in [2.45, 2.75) is 39.0 Å². The molecule has 1 atom stereocenters. The molecule has 1 aliphatic carbocycles. The monoisotopic (exact) mass is 351 g/mol. The summed E-state index contributed by atoms with van der Waals surface area (Å²) >= 11 is 0. The van der Waals surface area contributed by atoms with Crippen LogP contribution in [0.4, 0.5) is 5.82 Å². The van der Waals surface area contributed by atoms with E-state index in [0.29, 0.717) is 28.8 Å². The van der Waals surface area contributed by atoms with Crippen molar-refractivity contribution in [3.63, 3.8) is 0 Å². The van der Waals surface area contributed by atoms with Gasteiger partial charge < -0.3 is 15.2 Å². The van der Waals surface area contributed by atoms with Crippen molar-refractivity contribution in [1.29, 1.82) is 5.26 Å². The average molecular weight is 351 g/mol. The maximum Gasteiger partial charge on any atom is 0.168 e. The molecule has 5 nitrogen and oxygen atoms in total. The van der Waals surface area contributed by atoms with E-state index in [-0.39, 0.29) is 0 Å². The number of benzene rings is 1. The third kappa shape index (κ3) is 3.08. The van der Waals surface area contributed by atoms with Gasteiger partial charge in [0.1, 0.15) is 17.5 Å². The van der Waals surface area contributed by atoms with E-state index >= 15 is 0 Å². The Morgan fingerprint density at radius 3 is 2.77 bits per heavy atom. The van der Waals surface area contributed by atoms with Crippen LogP contribution in [0.1, 0.15) is 43.0 Å². The molecular weight excluding hydrogens is 326 g/mol. The van der Waals surface area contributed by atoms with E-state index in [1.807, 2.05) is 18.2 Å². The number of fused-ring (bicyclic) bond motifs is 1. The molecule has 3 rings (SSSR count). The molecule has 26 heavy (non-hydrogen) atoms. The van der Waals surface area contributed by atoms with Crippen molar-refractivity contribution in [3.8, 4) is 28.7 Å². The van der Waals surface area contributed by atoms with Gasteiger partial charge in [-0.2, -0.15) is 5.26 Å². The largest absolute Gasteiger partial charge is 0.493 e. The lowest BCUT2D eigenvalue weighted by Crippen LogP contribution is -2.18. The zero-order valence-corrected chi connectivity index (χ0v) is 15.6. The fraction of sp³-hybridized carbons (Fsp3) is 0.429. The van der Waals surface area contributed by atoms with Crippen molar-refractivity contribution < 1.29 is 9.47 Å². The molecule has 0 saturated carbocycles. The highest BCUT2D eigenvalue weighted by Gasteiger charge is 2.28. The van der Waals surface area contributed by atoms with Crippen LogP contribution in [0.2, 0.25) is 0 Å². The highest BCUT2D eigenvalue weighted by molar-refractivity contribution is 5.84. The van der Waals surface area contributed by atoms with Crippen LogP contribution in [-0.4, -0.2) is 19.2 Å². The molecule has 0 spiro atoms. The number of rotatable bonds is 5. The number of hydrogen-bond acceptors (Lipinski definition) is 5. The van der Waals surface area contributed by atoms with Crippen LogP contribution in [-0.2, 0) is 12.8 Å². The number of nitrogens with two attached hydrogens (primary N) is 1. The molecule has 1 aromatic heterocycles. The van der Waals surface area contributed by atoms with Gasteiger partial charge in [-0.1, -0.05) is 31.9 Å². The van der Waals surface area contributed by atoms with E-state index < -0.39 is 0 Å². The fourth-order valence-corrected chi connectivity index (χ4v) is 4.00. The van der Waals surface area contributed by atoms with Crippen molar-refractivity contribution in [2.24, 2.45) is 5.92 Å². The average Bonchev–Trinajstić information content (AvgIpc) is 2.66. The number of methoxy groups -OCH3 is 2. The second-order valence-electron chi connectivity index (χ2n) is 6.72. The maximum absolute atomic E-state index is 9.78. The van der Waals surface area contributed by atoms with Crippen LogP contribution >= 0.6 is 0 Å². The number of nitriles is 1. The Morgan fingerprint density at radius 2 is 2.12 bits per heavy atom. The van der Waals surface area contributed by atoms with Gasteiger partial charge in [-0.15, -0.1) is 0 Å². The summed E-state index contributed by atoms with van der Waals surface area (Å²) in [5.41, 5.74) is 10.4. The van der Waals surface area contributed by atoms with Gasteiger partial charge in [0, 0.05) is 16.8 Å². The summed E-state index contributed by atoms with van der Waals surface area (Å²) in [6.07, 6.45) is 5.27. The molecule has 136 valence electrons. The smallest absolute Gasteiger partial charge is 0.168 e. The molecule has 0 amide bonds. The van der Waals surface area contributed by atoms with Crippen LogP contribution in [0, 0.1) is 17.2 Å². The van der Waals surface area contributed by atoms with Gasteiger partial charge in [0.2, 0.25) is 0 Å². The minimum atomic E-state index is 0.292. The van der Waals surface area contributed by atoms with Gasteiger partial charge in [0.25, 0.3) is 0 Å². The molecule has 5 heteroatoms. The second kappa shape index (κ2) is 7.65. The van der Waals surface area contributed by atoms with E-state index in [2.05, 4.69) is 18.0 Å². The summed E-state index contributed by atoms with van der Waals surface area (Å²) < 4.78 is 11.1. The van der Waals surface area contributed by atoms with Gasteiger partial charge in [-0.05, 0) is 36.8 Å². The molecule has 2 N–H and O–H groups in total. The van der Waals surface area contributed by atoms with Gasteiger partial charge >= 0.3 is 0 Å². The van der Waals surface area contributed by atoms with E-state index in [4.69, 9.17) is 15.2 Å². The summed E-state index contributed by atoms with van der Waals surface area (Å²) in [7, 11) is 3.23. The number of hydrogen-bond donors (Lipinski definition) is 1. The molecule has 1 aliphatic rings. The van der Waals surface area contributed by atoms with Gasteiger partial charge in [0.15, 0.2) is 11.5 Å². The van der Waals surface area contributed by atoms with E-state index in [1.165, 1.54) is 6.42 Å². The molecule has 0 fully saturated rings. The highest BCUT2D eigenvalue weighted by atomic mass is 16.5. The summed E-state index contributed by atoms with van der Waals surface area (Å²) in [4.78, 5) is 4.55. The van der Waals surface area contributed by atoms with Crippen LogP contribution in [0.3, 0.4) is 0 Å². The van der Waals surface area contributed by atoms with E-state index in [1.54, 1.807) is 14.2 Å². The first-order valence-electron chi connectivity index (χ1n) is 9.07. The Bertz CT molecular complexity index is 855.